The van der Waals surface area contributed by atoms with E-state index in [-0.39, 0.29) is 24.8 Å². The summed E-state index contributed by atoms with van der Waals surface area (Å²) < 4.78 is 27.5. The summed E-state index contributed by atoms with van der Waals surface area (Å²) in [4.78, 5) is 4.57. The number of halogens is 2. The first-order chi connectivity index (χ1) is 9.53. The number of benzene rings is 1. The Morgan fingerprint density at radius 1 is 1.30 bits per heavy atom. The fourth-order valence-electron chi connectivity index (χ4n) is 2.87. The van der Waals surface area contributed by atoms with Gasteiger partial charge >= 0.3 is 0 Å². The first kappa shape index (κ1) is 13.9. The molecule has 1 aliphatic rings. The summed E-state index contributed by atoms with van der Waals surface area (Å²) >= 11 is 1.65. The molecule has 0 amide bonds. The molecule has 1 atom stereocenters. The summed E-state index contributed by atoms with van der Waals surface area (Å²) in [5, 5.41) is 1.01. The predicted octanol–water partition coefficient (Wildman–Crippen LogP) is 3.99. The zero-order valence-electron chi connectivity index (χ0n) is 11.2. The van der Waals surface area contributed by atoms with Crippen molar-refractivity contribution in [3.05, 3.63) is 29.3 Å². The van der Waals surface area contributed by atoms with Crippen LogP contribution in [0.3, 0.4) is 0 Å². The number of aromatic nitrogens is 1. The highest BCUT2D eigenvalue weighted by molar-refractivity contribution is 7.18. The zero-order valence-corrected chi connectivity index (χ0v) is 12.0. The van der Waals surface area contributed by atoms with E-state index >= 15 is 0 Å². The highest BCUT2D eigenvalue weighted by Crippen LogP contribution is 2.37. The summed E-state index contributed by atoms with van der Waals surface area (Å²) in [5.74, 6) is -2.28. The number of para-hydroxylation sites is 1. The van der Waals surface area contributed by atoms with Gasteiger partial charge in [-0.15, -0.1) is 11.3 Å². The minimum Gasteiger partial charge on any atom is -0.327 e. The third-order valence-electron chi connectivity index (χ3n) is 4.12. The average molecular weight is 296 g/mol. The molecule has 0 radical (unpaired) electrons. The fourth-order valence-corrected chi connectivity index (χ4v) is 3.90. The second kappa shape index (κ2) is 5.37. The van der Waals surface area contributed by atoms with Gasteiger partial charge < -0.3 is 5.73 Å². The molecule has 5 heteroatoms. The minimum atomic E-state index is -2.48. The molecule has 0 bridgehead atoms. The van der Waals surface area contributed by atoms with Gasteiger partial charge in [-0.2, -0.15) is 0 Å². The first-order valence-corrected chi connectivity index (χ1v) is 7.83. The summed E-state index contributed by atoms with van der Waals surface area (Å²) in [6.07, 6.45) is 1.70. The van der Waals surface area contributed by atoms with E-state index < -0.39 is 5.92 Å². The van der Waals surface area contributed by atoms with Crippen molar-refractivity contribution in [2.24, 2.45) is 11.7 Å². The van der Waals surface area contributed by atoms with Crippen molar-refractivity contribution in [1.82, 2.24) is 4.98 Å². The van der Waals surface area contributed by atoms with Gasteiger partial charge in [0.2, 0.25) is 5.92 Å². The molecule has 1 unspecified atom stereocenters. The van der Waals surface area contributed by atoms with E-state index in [4.69, 9.17) is 5.73 Å². The van der Waals surface area contributed by atoms with Crippen molar-refractivity contribution in [1.29, 1.82) is 0 Å². The SMILES string of the molecule is NC(Cc1nc2ccccc2s1)C1CCC(F)(F)CC1. The van der Waals surface area contributed by atoms with E-state index in [1.54, 1.807) is 11.3 Å². The molecule has 2 N–H and O–H groups in total. The molecule has 1 aromatic heterocycles. The number of rotatable bonds is 3. The van der Waals surface area contributed by atoms with Crippen LogP contribution in [0.2, 0.25) is 0 Å². The van der Waals surface area contributed by atoms with E-state index in [0.717, 1.165) is 15.2 Å². The summed E-state index contributed by atoms with van der Waals surface area (Å²) in [5.41, 5.74) is 7.21. The molecule has 20 heavy (non-hydrogen) atoms. The van der Waals surface area contributed by atoms with E-state index in [9.17, 15) is 8.78 Å². The van der Waals surface area contributed by atoms with Gasteiger partial charge in [-0.1, -0.05) is 12.1 Å². The number of hydrogen-bond donors (Lipinski definition) is 1. The lowest BCUT2D eigenvalue weighted by Gasteiger charge is -2.31. The summed E-state index contributed by atoms with van der Waals surface area (Å²) in [7, 11) is 0. The van der Waals surface area contributed by atoms with Crippen LogP contribution in [0, 0.1) is 5.92 Å². The van der Waals surface area contributed by atoms with Crippen LogP contribution >= 0.6 is 11.3 Å². The predicted molar refractivity (Wildman–Crippen MR) is 78.2 cm³/mol. The lowest BCUT2D eigenvalue weighted by Crippen LogP contribution is -2.37. The van der Waals surface area contributed by atoms with E-state index in [1.807, 2.05) is 24.3 Å². The molecule has 1 aliphatic carbocycles. The smallest absolute Gasteiger partial charge is 0.248 e. The molecule has 0 aliphatic heterocycles. The van der Waals surface area contributed by atoms with Gasteiger partial charge in [0.15, 0.2) is 0 Å². The van der Waals surface area contributed by atoms with E-state index in [0.29, 0.717) is 19.3 Å². The molecule has 1 aromatic carbocycles. The molecule has 3 rings (SSSR count). The van der Waals surface area contributed by atoms with Crippen molar-refractivity contribution < 1.29 is 8.78 Å². The topological polar surface area (TPSA) is 38.9 Å². The molecule has 2 aromatic rings. The Bertz CT molecular complexity index is 553. The van der Waals surface area contributed by atoms with Crippen molar-refractivity contribution >= 4 is 21.6 Å². The second-order valence-corrected chi connectivity index (χ2v) is 6.75. The van der Waals surface area contributed by atoms with Crippen LogP contribution in [0.25, 0.3) is 10.2 Å². The summed E-state index contributed by atoms with van der Waals surface area (Å²) in [6, 6.07) is 7.93. The van der Waals surface area contributed by atoms with Crippen LogP contribution in [0.4, 0.5) is 8.78 Å². The van der Waals surface area contributed by atoms with Gasteiger partial charge in [-0.05, 0) is 30.9 Å². The highest BCUT2D eigenvalue weighted by Gasteiger charge is 2.36. The Balaban J connectivity index is 1.65. The quantitative estimate of drug-likeness (QED) is 0.930. The third kappa shape index (κ3) is 2.99. The Hall–Kier alpha value is -1.07. The van der Waals surface area contributed by atoms with E-state index in [1.165, 1.54) is 0 Å². The van der Waals surface area contributed by atoms with Gasteiger partial charge in [0, 0.05) is 25.3 Å². The van der Waals surface area contributed by atoms with Crippen LogP contribution in [-0.4, -0.2) is 16.9 Å². The molecular formula is C15H18F2N2S. The van der Waals surface area contributed by atoms with Crippen molar-refractivity contribution in [3.8, 4) is 0 Å². The lowest BCUT2D eigenvalue weighted by atomic mass is 9.81. The maximum absolute atomic E-state index is 13.2. The third-order valence-corrected chi connectivity index (χ3v) is 5.17. The Morgan fingerprint density at radius 2 is 2.00 bits per heavy atom. The maximum Gasteiger partial charge on any atom is 0.248 e. The van der Waals surface area contributed by atoms with Gasteiger partial charge in [-0.25, -0.2) is 13.8 Å². The Kier molecular flexibility index (Phi) is 3.73. The van der Waals surface area contributed by atoms with Crippen LogP contribution in [0.1, 0.15) is 30.7 Å². The highest BCUT2D eigenvalue weighted by atomic mass is 32.1. The molecule has 0 spiro atoms. The van der Waals surface area contributed by atoms with Crippen LogP contribution in [0.5, 0.6) is 0 Å². The van der Waals surface area contributed by atoms with Crippen molar-refractivity contribution in [2.45, 2.75) is 44.1 Å². The van der Waals surface area contributed by atoms with Crippen LogP contribution < -0.4 is 5.73 Å². The normalized spacial score (nSPS) is 21.1. The number of nitrogens with zero attached hydrogens (tertiary/aromatic N) is 1. The molecule has 1 heterocycles. The van der Waals surface area contributed by atoms with Gasteiger partial charge in [0.1, 0.15) is 0 Å². The maximum atomic E-state index is 13.2. The average Bonchev–Trinajstić information content (AvgIpc) is 2.80. The monoisotopic (exact) mass is 296 g/mol. The number of alkyl halides is 2. The van der Waals surface area contributed by atoms with E-state index in [2.05, 4.69) is 4.98 Å². The Morgan fingerprint density at radius 3 is 2.70 bits per heavy atom. The first-order valence-electron chi connectivity index (χ1n) is 7.01. The van der Waals surface area contributed by atoms with Crippen LogP contribution in [0.15, 0.2) is 24.3 Å². The fraction of sp³-hybridized carbons (Fsp3) is 0.533. The standard InChI is InChI=1S/C15H18F2N2S/c16-15(17)7-5-10(6-8-15)11(18)9-14-19-12-3-1-2-4-13(12)20-14/h1-4,10-11H,5-9,18H2. The number of hydrogen-bond acceptors (Lipinski definition) is 3. The molecule has 108 valence electrons. The van der Waals surface area contributed by atoms with Gasteiger partial charge in [-0.3, -0.25) is 0 Å². The summed E-state index contributed by atoms with van der Waals surface area (Å²) in [6.45, 7) is 0. The molecule has 2 nitrogen and oxygen atoms in total. The van der Waals surface area contributed by atoms with Gasteiger partial charge in [0.25, 0.3) is 0 Å². The van der Waals surface area contributed by atoms with Crippen molar-refractivity contribution in [3.63, 3.8) is 0 Å². The van der Waals surface area contributed by atoms with Crippen molar-refractivity contribution in [2.75, 3.05) is 0 Å². The second-order valence-electron chi connectivity index (χ2n) is 5.64. The Labute approximate surface area is 121 Å². The van der Waals surface area contributed by atoms with Gasteiger partial charge in [0.05, 0.1) is 15.2 Å². The minimum absolute atomic E-state index is 0.0226. The number of nitrogens with two attached hydrogens (primary N) is 1. The molecule has 0 saturated heterocycles. The number of fused-ring (bicyclic) bond motifs is 1. The molecule has 1 fully saturated rings. The zero-order chi connectivity index (χ0) is 14.2. The molecular weight excluding hydrogens is 278 g/mol. The molecule has 1 saturated carbocycles. The number of thiazole rings is 1. The largest absolute Gasteiger partial charge is 0.327 e. The van der Waals surface area contributed by atoms with Crippen LogP contribution in [-0.2, 0) is 6.42 Å². The lowest BCUT2D eigenvalue weighted by molar-refractivity contribution is -0.0481.